The highest BCUT2D eigenvalue weighted by Gasteiger charge is 2.15. The van der Waals surface area contributed by atoms with Gasteiger partial charge in [0, 0.05) is 22.4 Å². The first-order valence-electron chi connectivity index (χ1n) is 5.93. The average molecular weight is 304 g/mol. The number of fused-ring (bicyclic) bond motifs is 1. The molecule has 0 radical (unpaired) electrons. The number of hydrogen-bond acceptors (Lipinski definition) is 4. The molecule has 1 atom stereocenters. The standard InChI is InChI=1S/C14H10ClN3OS/c15-10-4-5-12-13(7-10)18-14(8-17-12)20(19)9-11-3-1-2-6-16-11/h1-8H,9H2. The molecule has 0 saturated heterocycles. The third-order valence-electron chi connectivity index (χ3n) is 2.72. The number of rotatable bonds is 3. The zero-order chi connectivity index (χ0) is 13.9. The molecule has 0 fully saturated rings. The lowest BCUT2D eigenvalue weighted by atomic mass is 10.3. The molecule has 0 amide bonds. The van der Waals surface area contributed by atoms with Crippen molar-refractivity contribution in [2.24, 2.45) is 0 Å². The van der Waals surface area contributed by atoms with E-state index < -0.39 is 11.2 Å². The molecule has 2 heterocycles. The molecule has 0 saturated carbocycles. The SMILES string of the molecule is [O-][S+](Cc1ccccn1)c1cnc2ccc(Cl)cc2n1. The first-order valence-corrected chi connectivity index (χ1v) is 7.63. The van der Waals surface area contributed by atoms with Crippen LogP contribution in [-0.4, -0.2) is 19.5 Å². The highest BCUT2D eigenvalue weighted by molar-refractivity contribution is 7.90. The molecule has 100 valence electrons. The van der Waals surface area contributed by atoms with E-state index in [1.165, 1.54) is 6.20 Å². The minimum absolute atomic E-state index is 0.321. The summed E-state index contributed by atoms with van der Waals surface area (Å²) in [6, 6.07) is 10.8. The average Bonchev–Trinajstić information content (AvgIpc) is 2.47. The summed E-state index contributed by atoms with van der Waals surface area (Å²) < 4.78 is 12.3. The Balaban J connectivity index is 1.89. The van der Waals surface area contributed by atoms with Crippen LogP contribution in [0, 0.1) is 0 Å². The van der Waals surface area contributed by atoms with Crippen LogP contribution in [0.2, 0.25) is 5.02 Å². The fourth-order valence-electron chi connectivity index (χ4n) is 1.77. The molecule has 1 aromatic carbocycles. The second kappa shape index (κ2) is 5.75. The number of pyridine rings is 1. The Kier molecular flexibility index (Phi) is 3.82. The Hall–Kier alpha value is -1.69. The van der Waals surface area contributed by atoms with Crippen molar-refractivity contribution in [1.29, 1.82) is 0 Å². The second-order valence-electron chi connectivity index (χ2n) is 4.15. The fourth-order valence-corrected chi connectivity index (χ4v) is 2.89. The highest BCUT2D eigenvalue weighted by Crippen LogP contribution is 2.19. The molecule has 3 rings (SSSR count). The van der Waals surface area contributed by atoms with E-state index in [0.717, 1.165) is 11.2 Å². The molecule has 6 heteroatoms. The van der Waals surface area contributed by atoms with Gasteiger partial charge in [-0.2, -0.15) is 4.98 Å². The molecule has 20 heavy (non-hydrogen) atoms. The normalized spacial score (nSPS) is 12.5. The monoisotopic (exact) mass is 303 g/mol. The molecule has 0 aliphatic carbocycles. The van der Waals surface area contributed by atoms with Gasteiger partial charge in [-0.05, 0) is 30.3 Å². The summed E-state index contributed by atoms with van der Waals surface area (Å²) in [6.07, 6.45) is 3.22. The number of halogens is 1. The highest BCUT2D eigenvalue weighted by atomic mass is 35.5. The molecule has 3 aromatic rings. The molecular formula is C14H10ClN3OS. The van der Waals surface area contributed by atoms with Crippen LogP contribution in [0.4, 0.5) is 0 Å². The Morgan fingerprint density at radius 3 is 2.80 bits per heavy atom. The quantitative estimate of drug-likeness (QED) is 0.698. The molecule has 0 spiro atoms. The van der Waals surface area contributed by atoms with E-state index in [1.807, 2.05) is 18.2 Å². The number of nitrogens with zero attached hydrogens (tertiary/aromatic N) is 3. The molecule has 1 unspecified atom stereocenters. The predicted octanol–water partition coefficient (Wildman–Crippen LogP) is 2.99. The number of hydrogen-bond donors (Lipinski definition) is 0. The maximum Gasteiger partial charge on any atom is 0.264 e. The smallest absolute Gasteiger partial charge is 0.264 e. The van der Waals surface area contributed by atoms with E-state index in [0.29, 0.717) is 21.3 Å². The third kappa shape index (κ3) is 2.90. The lowest BCUT2D eigenvalue weighted by Gasteiger charge is -2.09. The number of benzene rings is 1. The van der Waals surface area contributed by atoms with Crippen LogP contribution in [0.25, 0.3) is 11.0 Å². The van der Waals surface area contributed by atoms with Gasteiger partial charge < -0.3 is 4.55 Å². The third-order valence-corrected chi connectivity index (χ3v) is 4.18. The second-order valence-corrected chi connectivity index (χ2v) is 5.99. The maximum absolute atomic E-state index is 12.3. The van der Waals surface area contributed by atoms with Crippen LogP contribution >= 0.6 is 11.6 Å². The maximum atomic E-state index is 12.3. The summed E-state index contributed by atoms with van der Waals surface area (Å²) in [5.74, 6) is 0.321. The van der Waals surface area contributed by atoms with Crippen molar-refractivity contribution < 1.29 is 4.55 Å². The summed E-state index contributed by atoms with van der Waals surface area (Å²) in [7, 11) is 0. The first-order chi connectivity index (χ1) is 9.72. The Bertz CT molecular complexity index is 739. The molecule has 4 nitrogen and oxygen atoms in total. The van der Waals surface area contributed by atoms with Gasteiger partial charge in [-0.15, -0.1) is 0 Å². The Morgan fingerprint density at radius 1 is 1.10 bits per heavy atom. The van der Waals surface area contributed by atoms with Crippen LogP contribution in [0.5, 0.6) is 0 Å². The van der Waals surface area contributed by atoms with Crippen molar-refractivity contribution in [3.63, 3.8) is 0 Å². The molecule has 0 bridgehead atoms. The fraction of sp³-hybridized carbons (Fsp3) is 0.0714. The first kappa shape index (κ1) is 13.3. The van der Waals surface area contributed by atoms with E-state index in [-0.39, 0.29) is 0 Å². The van der Waals surface area contributed by atoms with E-state index in [1.54, 1.807) is 24.4 Å². The van der Waals surface area contributed by atoms with Crippen LogP contribution in [0.1, 0.15) is 5.69 Å². The number of aromatic nitrogens is 3. The molecule has 0 aliphatic heterocycles. The van der Waals surface area contributed by atoms with E-state index in [2.05, 4.69) is 15.0 Å². The van der Waals surface area contributed by atoms with Gasteiger partial charge in [0.1, 0.15) is 6.20 Å². The van der Waals surface area contributed by atoms with E-state index in [9.17, 15) is 4.55 Å². The summed E-state index contributed by atoms with van der Waals surface area (Å²) in [4.78, 5) is 12.8. The summed E-state index contributed by atoms with van der Waals surface area (Å²) in [6.45, 7) is 0. The zero-order valence-corrected chi connectivity index (χ0v) is 11.9. The Morgan fingerprint density at radius 2 is 2.00 bits per heavy atom. The van der Waals surface area contributed by atoms with Gasteiger partial charge >= 0.3 is 0 Å². The van der Waals surface area contributed by atoms with Gasteiger partial charge in [0.05, 0.1) is 16.7 Å². The minimum atomic E-state index is -1.28. The largest absolute Gasteiger partial charge is 0.610 e. The van der Waals surface area contributed by atoms with Gasteiger partial charge in [-0.25, -0.2) is 4.98 Å². The molecule has 0 N–H and O–H groups in total. The summed E-state index contributed by atoms with van der Waals surface area (Å²) >= 11 is 4.65. The van der Waals surface area contributed by atoms with Crippen LogP contribution in [-0.2, 0) is 16.9 Å². The predicted molar refractivity (Wildman–Crippen MR) is 78.9 cm³/mol. The molecular weight excluding hydrogens is 294 g/mol. The lowest BCUT2D eigenvalue weighted by Crippen LogP contribution is -2.09. The summed E-state index contributed by atoms with van der Waals surface area (Å²) in [5, 5.41) is 1.02. The van der Waals surface area contributed by atoms with Crippen molar-refractivity contribution in [1.82, 2.24) is 15.0 Å². The van der Waals surface area contributed by atoms with Crippen LogP contribution < -0.4 is 0 Å². The van der Waals surface area contributed by atoms with Crippen molar-refractivity contribution >= 4 is 33.8 Å². The van der Waals surface area contributed by atoms with Gasteiger partial charge in [0.2, 0.25) is 0 Å². The Labute approximate surface area is 124 Å². The van der Waals surface area contributed by atoms with E-state index in [4.69, 9.17) is 11.6 Å². The lowest BCUT2D eigenvalue weighted by molar-refractivity contribution is 0.590. The van der Waals surface area contributed by atoms with Crippen LogP contribution in [0.15, 0.2) is 53.8 Å². The van der Waals surface area contributed by atoms with E-state index >= 15 is 0 Å². The van der Waals surface area contributed by atoms with Crippen molar-refractivity contribution in [3.05, 3.63) is 59.5 Å². The van der Waals surface area contributed by atoms with Crippen molar-refractivity contribution in [2.75, 3.05) is 0 Å². The van der Waals surface area contributed by atoms with Gasteiger partial charge in [-0.1, -0.05) is 17.7 Å². The van der Waals surface area contributed by atoms with Crippen molar-refractivity contribution in [3.8, 4) is 0 Å². The van der Waals surface area contributed by atoms with Gasteiger partial charge in [-0.3, -0.25) is 4.98 Å². The summed E-state index contributed by atoms with van der Waals surface area (Å²) in [5.41, 5.74) is 2.14. The minimum Gasteiger partial charge on any atom is -0.610 e. The van der Waals surface area contributed by atoms with Crippen LogP contribution in [0.3, 0.4) is 0 Å². The molecule has 2 aromatic heterocycles. The van der Waals surface area contributed by atoms with Crippen molar-refractivity contribution in [2.45, 2.75) is 10.8 Å². The topological polar surface area (TPSA) is 61.7 Å². The molecule has 0 aliphatic rings. The van der Waals surface area contributed by atoms with Gasteiger partial charge in [0.15, 0.2) is 5.75 Å². The van der Waals surface area contributed by atoms with Gasteiger partial charge in [0.25, 0.3) is 5.03 Å². The zero-order valence-electron chi connectivity index (χ0n) is 10.4.